The van der Waals surface area contributed by atoms with Crippen LogP contribution in [0.25, 0.3) is 0 Å². The van der Waals surface area contributed by atoms with Crippen molar-refractivity contribution in [1.82, 2.24) is 9.80 Å². The van der Waals surface area contributed by atoms with Gasteiger partial charge in [-0.1, -0.05) is 35.9 Å². The predicted octanol–water partition coefficient (Wildman–Crippen LogP) is 3.35. The first kappa shape index (κ1) is 19.4. The van der Waals surface area contributed by atoms with Gasteiger partial charge < -0.3 is 9.84 Å². The second kappa shape index (κ2) is 8.24. The molecule has 2 aromatic rings. The molecule has 1 aliphatic heterocycles. The van der Waals surface area contributed by atoms with E-state index in [1.54, 1.807) is 7.11 Å². The Morgan fingerprint density at radius 1 is 0.964 bits per heavy atom. The van der Waals surface area contributed by atoms with Crippen LogP contribution in [0.1, 0.15) is 35.1 Å². The van der Waals surface area contributed by atoms with Crippen molar-refractivity contribution in [3.8, 4) is 5.75 Å². The molecule has 1 aliphatic carbocycles. The minimum Gasteiger partial charge on any atom is -0.496 e. The fourth-order valence-corrected chi connectivity index (χ4v) is 4.44. The molecular weight excluding hydrogens is 348 g/mol. The summed E-state index contributed by atoms with van der Waals surface area (Å²) < 4.78 is 5.31. The third kappa shape index (κ3) is 4.24. The van der Waals surface area contributed by atoms with Crippen LogP contribution in [0.3, 0.4) is 0 Å². The lowest BCUT2D eigenvalue weighted by Crippen LogP contribution is -2.48. The number of hydrogen-bond donors (Lipinski definition) is 1. The number of aliphatic hydroxyl groups excluding tert-OH is 1. The van der Waals surface area contributed by atoms with Crippen molar-refractivity contribution in [1.29, 1.82) is 0 Å². The molecule has 0 unspecified atom stereocenters. The van der Waals surface area contributed by atoms with Gasteiger partial charge in [-0.3, -0.25) is 9.80 Å². The Kier molecular flexibility index (Phi) is 5.72. The van der Waals surface area contributed by atoms with Gasteiger partial charge in [0.2, 0.25) is 0 Å². The second-order valence-electron chi connectivity index (χ2n) is 8.50. The SMILES string of the molecule is COc1ccc(CN2CCN(CC3(c4ccc(C)cc4)CC3)CC2)cc1CO. The lowest BCUT2D eigenvalue weighted by molar-refractivity contribution is 0.119. The number of rotatable bonds is 7. The van der Waals surface area contributed by atoms with Crippen LogP contribution in [-0.4, -0.2) is 54.7 Å². The van der Waals surface area contributed by atoms with Gasteiger partial charge in [0.15, 0.2) is 0 Å². The maximum atomic E-state index is 9.54. The van der Waals surface area contributed by atoms with Crippen LogP contribution in [0.4, 0.5) is 0 Å². The highest BCUT2D eigenvalue weighted by Crippen LogP contribution is 2.48. The van der Waals surface area contributed by atoms with Crippen molar-refractivity contribution in [3.63, 3.8) is 0 Å². The summed E-state index contributed by atoms with van der Waals surface area (Å²) in [6.45, 7) is 8.79. The molecule has 0 aromatic heterocycles. The summed E-state index contributed by atoms with van der Waals surface area (Å²) in [6.07, 6.45) is 2.65. The largest absolute Gasteiger partial charge is 0.496 e. The number of ether oxygens (including phenoxy) is 1. The molecule has 2 aromatic carbocycles. The van der Waals surface area contributed by atoms with Crippen LogP contribution in [0.2, 0.25) is 0 Å². The van der Waals surface area contributed by atoms with Crippen LogP contribution < -0.4 is 4.74 Å². The number of aliphatic hydroxyl groups is 1. The normalized spacial score (nSPS) is 19.5. The quantitative estimate of drug-likeness (QED) is 0.799. The molecular formula is C24H32N2O2. The average Bonchev–Trinajstić information content (AvgIpc) is 3.50. The van der Waals surface area contributed by atoms with Gasteiger partial charge >= 0.3 is 0 Å². The van der Waals surface area contributed by atoms with E-state index < -0.39 is 0 Å². The van der Waals surface area contributed by atoms with Crippen LogP contribution in [0, 0.1) is 6.92 Å². The Balaban J connectivity index is 1.31. The summed E-state index contributed by atoms with van der Waals surface area (Å²) in [7, 11) is 1.65. The Morgan fingerprint density at radius 2 is 1.64 bits per heavy atom. The van der Waals surface area contributed by atoms with E-state index in [0.29, 0.717) is 5.41 Å². The van der Waals surface area contributed by atoms with Gasteiger partial charge in [0.25, 0.3) is 0 Å². The van der Waals surface area contributed by atoms with Gasteiger partial charge in [0.05, 0.1) is 13.7 Å². The Hall–Kier alpha value is -1.88. The molecule has 4 nitrogen and oxygen atoms in total. The number of nitrogens with zero attached hydrogens (tertiary/aromatic N) is 2. The molecule has 150 valence electrons. The topological polar surface area (TPSA) is 35.9 Å². The number of aryl methyl sites for hydroxylation is 1. The molecule has 1 saturated carbocycles. The van der Waals surface area contributed by atoms with Gasteiger partial charge in [-0.2, -0.15) is 0 Å². The molecule has 0 atom stereocenters. The summed E-state index contributed by atoms with van der Waals surface area (Å²) in [5.74, 6) is 0.766. The molecule has 2 fully saturated rings. The highest BCUT2D eigenvalue weighted by atomic mass is 16.5. The molecule has 1 heterocycles. The fourth-order valence-electron chi connectivity index (χ4n) is 4.44. The van der Waals surface area contributed by atoms with Gasteiger partial charge in [0, 0.05) is 50.2 Å². The first-order chi connectivity index (χ1) is 13.6. The zero-order valence-electron chi connectivity index (χ0n) is 17.2. The minimum atomic E-state index is 0.0197. The lowest BCUT2D eigenvalue weighted by Gasteiger charge is -2.37. The van der Waals surface area contributed by atoms with Crippen molar-refractivity contribution in [2.45, 2.75) is 38.3 Å². The van der Waals surface area contributed by atoms with Gasteiger partial charge in [-0.25, -0.2) is 0 Å². The maximum absolute atomic E-state index is 9.54. The van der Waals surface area contributed by atoms with Crippen LogP contribution in [0.15, 0.2) is 42.5 Å². The summed E-state index contributed by atoms with van der Waals surface area (Å²) in [5.41, 5.74) is 5.39. The van der Waals surface area contributed by atoms with E-state index >= 15 is 0 Å². The molecule has 2 aliphatic rings. The van der Waals surface area contributed by atoms with Crippen LogP contribution >= 0.6 is 0 Å². The van der Waals surface area contributed by atoms with Crippen molar-refractivity contribution in [2.75, 3.05) is 39.8 Å². The van der Waals surface area contributed by atoms with Crippen molar-refractivity contribution >= 4 is 0 Å². The molecule has 0 spiro atoms. The first-order valence-electron chi connectivity index (χ1n) is 10.4. The monoisotopic (exact) mass is 380 g/mol. The van der Waals surface area contributed by atoms with Crippen molar-refractivity contribution < 1.29 is 9.84 Å². The Bertz CT molecular complexity index is 791. The standard InChI is InChI=1S/C24H32N2O2/c1-19-3-6-22(7-4-19)24(9-10-24)18-26-13-11-25(12-14-26)16-20-5-8-23(28-2)21(15-20)17-27/h3-8,15,27H,9-14,16-18H2,1-2H3. The van der Waals surface area contributed by atoms with E-state index in [2.05, 4.69) is 53.1 Å². The van der Waals surface area contributed by atoms with E-state index in [1.807, 2.05) is 6.07 Å². The molecule has 0 radical (unpaired) electrons. The molecule has 0 bridgehead atoms. The highest BCUT2D eigenvalue weighted by molar-refractivity contribution is 5.37. The van der Waals surface area contributed by atoms with Crippen molar-refractivity contribution in [3.05, 3.63) is 64.7 Å². The Labute approximate surface area is 168 Å². The van der Waals surface area contributed by atoms with Gasteiger partial charge in [-0.05, 0) is 43.0 Å². The third-order valence-corrected chi connectivity index (χ3v) is 6.43. The zero-order chi connectivity index (χ0) is 19.6. The van der Waals surface area contributed by atoms with E-state index in [1.165, 1.54) is 36.1 Å². The summed E-state index contributed by atoms with van der Waals surface area (Å²) in [6, 6.07) is 15.3. The van der Waals surface area contributed by atoms with Crippen LogP contribution in [0.5, 0.6) is 5.75 Å². The molecule has 1 saturated heterocycles. The number of piperazine rings is 1. The van der Waals surface area contributed by atoms with E-state index in [9.17, 15) is 5.11 Å². The second-order valence-corrected chi connectivity index (χ2v) is 8.50. The molecule has 1 N–H and O–H groups in total. The first-order valence-corrected chi connectivity index (χ1v) is 10.4. The van der Waals surface area contributed by atoms with Gasteiger partial charge in [0.1, 0.15) is 5.75 Å². The van der Waals surface area contributed by atoms with Crippen LogP contribution in [-0.2, 0) is 18.6 Å². The minimum absolute atomic E-state index is 0.0197. The highest BCUT2D eigenvalue weighted by Gasteiger charge is 2.45. The third-order valence-electron chi connectivity index (χ3n) is 6.43. The predicted molar refractivity (Wildman–Crippen MR) is 113 cm³/mol. The van der Waals surface area contributed by atoms with E-state index in [4.69, 9.17) is 4.74 Å². The average molecular weight is 381 g/mol. The molecule has 0 amide bonds. The molecule has 4 heteroatoms. The van der Waals surface area contributed by atoms with E-state index in [0.717, 1.165) is 44.0 Å². The lowest BCUT2D eigenvalue weighted by atomic mass is 9.94. The maximum Gasteiger partial charge on any atom is 0.124 e. The number of benzene rings is 2. The summed E-state index contributed by atoms with van der Waals surface area (Å²) in [4.78, 5) is 5.17. The molecule has 4 rings (SSSR count). The van der Waals surface area contributed by atoms with Crippen molar-refractivity contribution in [2.24, 2.45) is 0 Å². The summed E-state index contributed by atoms with van der Waals surface area (Å²) >= 11 is 0. The fraction of sp³-hybridized carbons (Fsp3) is 0.500. The van der Waals surface area contributed by atoms with Gasteiger partial charge in [-0.15, -0.1) is 0 Å². The smallest absolute Gasteiger partial charge is 0.124 e. The molecule has 28 heavy (non-hydrogen) atoms. The zero-order valence-corrected chi connectivity index (χ0v) is 17.2. The number of methoxy groups -OCH3 is 1. The van der Waals surface area contributed by atoms with E-state index in [-0.39, 0.29) is 6.61 Å². The number of hydrogen-bond acceptors (Lipinski definition) is 4. The summed E-state index contributed by atoms with van der Waals surface area (Å²) in [5, 5.41) is 9.54. The Morgan fingerprint density at radius 3 is 2.25 bits per heavy atom.